The first-order valence-electron chi connectivity index (χ1n) is 5.22. The SMILES string of the molecule is Bc1cc(F)c(-c2cccc(F)c2)cc1OC. The van der Waals surface area contributed by atoms with E-state index < -0.39 is 0 Å². The number of hydrogen-bond donors (Lipinski definition) is 0. The van der Waals surface area contributed by atoms with Crippen molar-refractivity contribution in [2.24, 2.45) is 0 Å². The monoisotopic (exact) mass is 232 g/mol. The summed E-state index contributed by atoms with van der Waals surface area (Å²) in [6.07, 6.45) is 0. The van der Waals surface area contributed by atoms with E-state index in [1.54, 1.807) is 26.0 Å². The van der Waals surface area contributed by atoms with Crippen molar-refractivity contribution in [3.05, 3.63) is 48.0 Å². The van der Waals surface area contributed by atoms with Gasteiger partial charge in [-0.1, -0.05) is 12.1 Å². The fourth-order valence-electron chi connectivity index (χ4n) is 1.75. The normalized spacial score (nSPS) is 10.3. The molecule has 86 valence electrons. The molecule has 0 radical (unpaired) electrons. The highest BCUT2D eigenvalue weighted by Crippen LogP contribution is 2.26. The Bertz CT molecular complexity index is 555. The second-order valence-electron chi connectivity index (χ2n) is 3.81. The molecule has 2 aromatic rings. The van der Waals surface area contributed by atoms with Crippen LogP contribution >= 0.6 is 0 Å². The topological polar surface area (TPSA) is 9.23 Å². The Labute approximate surface area is 99.4 Å². The van der Waals surface area contributed by atoms with E-state index in [0.717, 1.165) is 0 Å². The molecule has 0 aliphatic heterocycles. The lowest BCUT2D eigenvalue weighted by Crippen LogP contribution is -2.08. The van der Waals surface area contributed by atoms with Crippen LogP contribution in [0.1, 0.15) is 0 Å². The third kappa shape index (κ3) is 2.30. The summed E-state index contributed by atoms with van der Waals surface area (Å²) in [6, 6.07) is 8.81. The van der Waals surface area contributed by atoms with Crippen LogP contribution in [0.25, 0.3) is 11.1 Å². The van der Waals surface area contributed by atoms with E-state index in [1.807, 2.05) is 0 Å². The van der Waals surface area contributed by atoms with Crippen LogP contribution in [0.3, 0.4) is 0 Å². The Morgan fingerprint density at radius 2 is 1.88 bits per heavy atom. The zero-order valence-electron chi connectivity index (χ0n) is 9.63. The number of hydrogen-bond acceptors (Lipinski definition) is 1. The highest BCUT2D eigenvalue weighted by molar-refractivity contribution is 6.34. The summed E-state index contributed by atoms with van der Waals surface area (Å²) in [6.45, 7) is 0. The van der Waals surface area contributed by atoms with Gasteiger partial charge in [0.05, 0.1) is 7.11 Å². The van der Waals surface area contributed by atoms with Crippen LogP contribution in [-0.2, 0) is 0 Å². The van der Waals surface area contributed by atoms with E-state index in [0.29, 0.717) is 22.3 Å². The second-order valence-corrected chi connectivity index (χ2v) is 3.81. The van der Waals surface area contributed by atoms with Crippen molar-refractivity contribution in [3.8, 4) is 16.9 Å². The van der Waals surface area contributed by atoms with E-state index in [1.165, 1.54) is 25.3 Å². The van der Waals surface area contributed by atoms with Crippen LogP contribution in [-0.4, -0.2) is 15.0 Å². The average molecular weight is 232 g/mol. The molecule has 0 saturated heterocycles. The molecule has 0 bridgehead atoms. The second kappa shape index (κ2) is 4.57. The summed E-state index contributed by atoms with van der Waals surface area (Å²) < 4.78 is 32.0. The van der Waals surface area contributed by atoms with E-state index in [4.69, 9.17) is 4.74 Å². The largest absolute Gasteiger partial charge is 0.497 e. The quantitative estimate of drug-likeness (QED) is 0.718. The lowest BCUT2D eigenvalue weighted by Gasteiger charge is -2.09. The van der Waals surface area contributed by atoms with E-state index in [2.05, 4.69) is 0 Å². The van der Waals surface area contributed by atoms with Gasteiger partial charge in [0.25, 0.3) is 0 Å². The standard InChI is InChI=1S/C13H11BF2O/c1-17-13-6-10(12(16)7-11(13)14)8-3-2-4-9(15)5-8/h2-7H,14H2,1H3. The lowest BCUT2D eigenvalue weighted by molar-refractivity contribution is 0.417. The van der Waals surface area contributed by atoms with Crippen LogP contribution in [0, 0.1) is 11.6 Å². The predicted octanol–water partition coefficient (Wildman–Crippen LogP) is 1.90. The van der Waals surface area contributed by atoms with Gasteiger partial charge in [-0.15, -0.1) is 0 Å². The molecule has 0 aromatic heterocycles. The third-order valence-electron chi connectivity index (χ3n) is 2.62. The smallest absolute Gasteiger partial charge is 0.144 e. The van der Waals surface area contributed by atoms with Gasteiger partial charge in [0.15, 0.2) is 0 Å². The summed E-state index contributed by atoms with van der Waals surface area (Å²) >= 11 is 0. The molecule has 0 N–H and O–H groups in total. The Morgan fingerprint density at radius 1 is 1.12 bits per heavy atom. The van der Waals surface area contributed by atoms with Crippen molar-refractivity contribution in [1.29, 1.82) is 0 Å². The summed E-state index contributed by atoms with van der Waals surface area (Å²) in [5.74, 6) is -0.180. The van der Waals surface area contributed by atoms with Crippen molar-refractivity contribution in [1.82, 2.24) is 0 Å². The van der Waals surface area contributed by atoms with Gasteiger partial charge < -0.3 is 4.74 Å². The molecule has 2 rings (SSSR count). The first-order valence-corrected chi connectivity index (χ1v) is 5.22. The van der Waals surface area contributed by atoms with Crippen molar-refractivity contribution < 1.29 is 13.5 Å². The molecule has 0 aliphatic rings. The highest BCUT2D eigenvalue weighted by Gasteiger charge is 2.10. The summed E-state index contributed by atoms with van der Waals surface area (Å²) in [7, 11) is 3.28. The maximum absolute atomic E-state index is 13.8. The number of rotatable bonds is 2. The van der Waals surface area contributed by atoms with E-state index >= 15 is 0 Å². The van der Waals surface area contributed by atoms with Crippen molar-refractivity contribution in [2.45, 2.75) is 0 Å². The summed E-state index contributed by atoms with van der Waals surface area (Å²) in [5.41, 5.74) is 1.55. The van der Waals surface area contributed by atoms with Crippen molar-refractivity contribution >= 4 is 13.3 Å². The first kappa shape index (κ1) is 11.6. The van der Waals surface area contributed by atoms with Gasteiger partial charge in [-0.05, 0) is 35.3 Å². The van der Waals surface area contributed by atoms with Gasteiger partial charge in [-0.3, -0.25) is 0 Å². The van der Waals surface area contributed by atoms with E-state index in [-0.39, 0.29) is 11.6 Å². The lowest BCUT2D eigenvalue weighted by atomic mass is 9.91. The molecule has 2 aromatic carbocycles. The average Bonchev–Trinajstić information content (AvgIpc) is 2.29. The van der Waals surface area contributed by atoms with Crippen LogP contribution < -0.4 is 10.2 Å². The molecule has 0 atom stereocenters. The van der Waals surface area contributed by atoms with Gasteiger partial charge in [0.1, 0.15) is 25.2 Å². The molecule has 0 saturated carbocycles. The molecule has 0 aliphatic carbocycles. The number of halogens is 2. The Balaban J connectivity index is 2.59. The molecule has 17 heavy (non-hydrogen) atoms. The van der Waals surface area contributed by atoms with Crippen LogP contribution in [0.5, 0.6) is 5.75 Å². The van der Waals surface area contributed by atoms with Gasteiger partial charge in [0, 0.05) is 5.56 Å². The maximum atomic E-state index is 13.8. The molecule has 0 unspecified atom stereocenters. The van der Waals surface area contributed by atoms with Gasteiger partial charge in [-0.25, -0.2) is 8.78 Å². The van der Waals surface area contributed by atoms with Gasteiger partial charge in [-0.2, -0.15) is 0 Å². The molecular formula is C13H11BF2O. The predicted molar refractivity (Wildman–Crippen MR) is 66.5 cm³/mol. The number of ether oxygens (including phenoxy) is 1. The first-order chi connectivity index (χ1) is 8.11. The van der Waals surface area contributed by atoms with E-state index in [9.17, 15) is 8.78 Å². The molecule has 1 nitrogen and oxygen atoms in total. The molecule has 0 fully saturated rings. The van der Waals surface area contributed by atoms with Crippen LogP contribution in [0.15, 0.2) is 36.4 Å². The molecule has 0 spiro atoms. The minimum absolute atomic E-state index is 0.340. The zero-order valence-corrected chi connectivity index (χ0v) is 9.63. The maximum Gasteiger partial charge on any atom is 0.144 e. The van der Waals surface area contributed by atoms with Crippen molar-refractivity contribution in [3.63, 3.8) is 0 Å². The summed E-state index contributed by atoms with van der Waals surface area (Å²) in [4.78, 5) is 0. The Morgan fingerprint density at radius 3 is 2.53 bits per heavy atom. The molecule has 0 heterocycles. The highest BCUT2D eigenvalue weighted by atomic mass is 19.1. The van der Waals surface area contributed by atoms with Gasteiger partial charge in [0.2, 0.25) is 0 Å². The molecule has 4 heteroatoms. The minimum atomic E-state index is -0.388. The Kier molecular flexibility index (Phi) is 3.13. The number of methoxy groups -OCH3 is 1. The molecular weight excluding hydrogens is 221 g/mol. The van der Waals surface area contributed by atoms with Crippen LogP contribution in [0.4, 0.5) is 8.78 Å². The number of benzene rings is 2. The minimum Gasteiger partial charge on any atom is -0.497 e. The van der Waals surface area contributed by atoms with Crippen LogP contribution in [0.2, 0.25) is 0 Å². The van der Waals surface area contributed by atoms with Gasteiger partial charge >= 0.3 is 0 Å². The molecule has 0 amide bonds. The fourth-order valence-corrected chi connectivity index (χ4v) is 1.75. The van der Waals surface area contributed by atoms with Crippen molar-refractivity contribution in [2.75, 3.05) is 7.11 Å². The Hall–Kier alpha value is -1.84. The summed E-state index contributed by atoms with van der Waals surface area (Å²) in [5, 5.41) is 0. The fraction of sp³-hybridized carbons (Fsp3) is 0.0769. The third-order valence-corrected chi connectivity index (χ3v) is 2.62. The zero-order chi connectivity index (χ0) is 12.4.